The fraction of sp³-hybridized carbons (Fsp3) is 0.357. The van der Waals surface area contributed by atoms with Crippen molar-refractivity contribution in [3.63, 3.8) is 0 Å². The van der Waals surface area contributed by atoms with Gasteiger partial charge >= 0.3 is 0 Å². The van der Waals surface area contributed by atoms with Crippen molar-refractivity contribution in [3.8, 4) is 11.3 Å². The monoisotopic (exact) mass is 264 g/mol. The molecule has 102 valence electrons. The van der Waals surface area contributed by atoms with Crippen molar-refractivity contribution >= 4 is 0 Å². The maximum Gasteiger partial charge on any atom is 0.209 e. The summed E-state index contributed by atoms with van der Waals surface area (Å²) in [5, 5.41) is 9.06. The molecule has 2 rings (SSSR count). The van der Waals surface area contributed by atoms with Gasteiger partial charge in [-0.2, -0.15) is 0 Å². The highest BCUT2D eigenvalue weighted by Crippen LogP contribution is 2.21. The smallest absolute Gasteiger partial charge is 0.209 e. The molecule has 1 aromatic heterocycles. The first kappa shape index (κ1) is 13.7. The van der Waals surface area contributed by atoms with Crippen LogP contribution in [0.4, 0.5) is 4.39 Å². The first-order valence-electron chi connectivity index (χ1n) is 6.12. The zero-order chi connectivity index (χ0) is 13.8. The third-order valence-corrected chi connectivity index (χ3v) is 3.06. The molecule has 1 N–H and O–H groups in total. The minimum absolute atomic E-state index is 0.0320. The highest BCUT2D eigenvalue weighted by Gasteiger charge is 2.13. The van der Waals surface area contributed by atoms with E-state index < -0.39 is 0 Å². The largest absolute Gasteiger partial charge is 0.439 e. The molecule has 0 amide bonds. The maximum atomic E-state index is 13.1. The van der Waals surface area contributed by atoms with Gasteiger partial charge in [-0.1, -0.05) is 12.1 Å². The summed E-state index contributed by atoms with van der Waals surface area (Å²) >= 11 is 0. The van der Waals surface area contributed by atoms with E-state index >= 15 is 0 Å². The zero-order valence-corrected chi connectivity index (χ0v) is 11.0. The van der Waals surface area contributed by atoms with Gasteiger partial charge < -0.3 is 9.52 Å². The van der Waals surface area contributed by atoms with Gasteiger partial charge in [0.15, 0.2) is 5.76 Å². The van der Waals surface area contributed by atoms with Crippen LogP contribution in [0.15, 0.2) is 34.9 Å². The highest BCUT2D eigenvalue weighted by atomic mass is 19.1. The van der Waals surface area contributed by atoms with Crippen LogP contribution in [0.1, 0.15) is 12.8 Å². The fourth-order valence-electron chi connectivity index (χ4n) is 1.67. The summed E-state index contributed by atoms with van der Waals surface area (Å²) in [4.78, 5) is 6.10. The molecule has 0 bridgehead atoms. The summed E-state index contributed by atoms with van der Waals surface area (Å²) in [6.45, 7) is 2.49. The van der Waals surface area contributed by atoms with E-state index in [9.17, 15) is 4.39 Å². The molecule has 2 aromatic rings. The Morgan fingerprint density at radius 3 is 2.95 bits per heavy atom. The van der Waals surface area contributed by atoms with Gasteiger partial charge in [0.1, 0.15) is 5.82 Å². The van der Waals surface area contributed by atoms with Crippen molar-refractivity contribution in [2.75, 3.05) is 13.7 Å². The number of rotatable bonds is 5. The van der Waals surface area contributed by atoms with Gasteiger partial charge in [0.2, 0.25) is 5.89 Å². The molecule has 0 aliphatic carbocycles. The predicted octanol–water partition coefficient (Wildman–Crippen LogP) is 2.29. The molecular weight excluding hydrogens is 247 g/mol. The average molecular weight is 264 g/mol. The van der Waals surface area contributed by atoms with Gasteiger partial charge in [-0.05, 0) is 26.1 Å². The Balaban J connectivity index is 2.11. The lowest BCUT2D eigenvalue weighted by Gasteiger charge is -2.20. The maximum absolute atomic E-state index is 13.1. The summed E-state index contributed by atoms with van der Waals surface area (Å²) in [5.41, 5.74) is 0.664. The van der Waals surface area contributed by atoms with E-state index in [1.54, 1.807) is 18.3 Å². The fourth-order valence-corrected chi connectivity index (χ4v) is 1.67. The van der Waals surface area contributed by atoms with Gasteiger partial charge in [0.25, 0.3) is 0 Å². The van der Waals surface area contributed by atoms with E-state index in [1.807, 2.05) is 18.9 Å². The van der Waals surface area contributed by atoms with Crippen LogP contribution in [0.5, 0.6) is 0 Å². The molecular formula is C14H17FN2O2. The second kappa shape index (κ2) is 5.95. The standard InChI is InChI=1S/C14H17FN2O2/c1-10(9-18)17(2)8-14-16-7-13(19-14)11-4-3-5-12(15)6-11/h3-7,10,18H,8-9H2,1-2H3. The third kappa shape index (κ3) is 3.39. The van der Waals surface area contributed by atoms with E-state index in [4.69, 9.17) is 9.52 Å². The van der Waals surface area contributed by atoms with Crippen molar-refractivity contribution in [2.24, 2.45) is 0 Å². The van der Waals surface area contributed by atoms with E-state index in [1.165, 1.54) is 12.1 Å². The Labute approximate surface area is 111 Å². The lowest BCUT2D eigenvalue weighted by molar-refractivity contribution is 0.145. The topological polar surface area (TPSA) is 49.5 Å². The van der Waals surface area contributed by atoms with Gasteiger partial charge in [-0.15, -0.1) is 0 Å². The van der Waals surface area contributed by atoms with Crippen LogP contribution in [0.2, 0.25) is 0 Å². The number of aliphatic hydroxyl groups excluding tert-OH is 1. The van der Waals surface area contributed by atoms with E-state index in [0.29, 0.717) is 23.8 Å². The Hall–Kier alpha value is -1.72. The summed E-state index contributed by atoms with van der Waals surface area (Å²) in [6, 6.07) is 6.23. The molecule has 0 aliphatic rings. The molecule has 5 heteroatoms. The lowest BCUT2D eigenvalue weighted by atomic mass is 10.2. The van der Waals surface area contributed by atoms with Crippen molar-refractivity contribution in [2.45, 2.75) is 19.5 Å². The number of benzene rings is 1. The molecule has 0 fully saturated rings. The number of oxazole rings is 1. The summed E-state index contributed by atoms with van der Waals surface area (Å²) in [7, 11) is 1.88. The third-order valence-electron chi connectivity index (χ3n) is 3.06. The first-order valence-corrected chi connectivity index (χ1v) is 6.12. The molecule has 0 saturated heterocycles. The molecule has 0 spiro atoms. The Bertz CT molecular complexity index is 542. The summed E-state index contributed by atoms with van der Waals surface area (Å²) in [5.74, 6) is 0.781. The van der Waals surface area contributed by atoms with Crippen molar-refractivity contribution in [3.05, 3.63) is 42.2 Å². The number of halogens is 1. The summed E-state index contributed by atoms with van der Waals surface area (Å²) < 4.78 is 18.7. The molecule has 0 saturated carbocycles. The van der Waals surface area contributed by atoms with Crippen LogP contribution in [0.25, 0.3) is 11.3 Å². The second-order valence-corrected chi connectivity index (χ2v) is 4.58. The molecule has 1 heterocycles. The van der Waals surface area contributed by atoms with Gasteiger partial charge in [0, 0.05) is 11.6 Å². The van der Waals surface area contributed by atoms with Crippen molar-refractivity contribution < 1.29 is 13.9 Å². The molecule has 19 heavy (non-hydrogen) atoms. The minimum Gasteiger partial charge on any atom is -0.439 e. The summed E-state index contributed by atoms with van der Waals surface area (Å²) in [6.07, 6.45) is 1.58. The average Bonchev–Trinajstić information content (AvgIpc) is 2.86. The molecule has 0 aliphatic heterocycles. The molecule has 1 unspecified atom stereocenters. The zero-order valence-electron chi connectivity index (χ0n) is 11.0. The number of nitrogens with zero attached hydrogens (tertiary/aromatic N) is 2. The second-order valence-electron chi connectivity index (χ2n) is 4.58. The van der Waals surface area contributed by atoms with Gasteiger partial charge in [-0.25, -0.2) is 9.37 Å². The number of hydrogen-bond acceptors (Lipinski definition) is 4. The van der Waals surface area contributed by atoms with Crippen LogP contribution in [-0.2, 0) is 6.54 Å². The molecule has 1 atom stereocenters. The van der Waals surface area contributed by atoms with Crippen molar-refractivity contribution in [1.82, 2.24) is 9.88 Å². The van der Waals surface area contributed by atoms with Crippen LogP contribution in [0, 0.1) is 5.82 Å². The SMILES string of the molecule is CC(CO)N(C)Cc1ncc(-c2cccc(F)c2)o1. The first-order chi connectivity index (χ1) is 9.10. The number of likely N-dealkylation sites (N-methyl/N-ethyl adjacent to an activating group) is 1. The number of hydrogen-bond donors (Lipinski definition) is 1. The minimum atomic E-state index is -0.304. The van der Waals surface area contributed by atoms with E-state index in [0.717, 1.165) is 0 Å². The predicted molar refractivity (Wildman–Crippen MR) is 69.9 cm³/mol. The highest BCUT2D eigenvalue weighted by molar-refractivity contribution is 5.56. The Morgan fingerprint density at radius 2 is 2.26 bits per heavy atom. The molecule has 0 radical (unpaired) electrons. The van der Waals surface area contributed by atoms with E-state index in [2.05, 4.69) is 4.98 Å². The quantitative estimate of drug-likeness (QED) is 0.900. The van der Waals surface area contributed by atoms with E-state index in [-0.39, 0.29) is 18.5 Å². The Morgan fingerprint density at radius 1 is 1.47 bits per heavy atom. The Kier molecular flexibility index (Phi) is 4.29. The van der Waals surface area contributed by atoms with Gasteiger partial charge in [0.05, 0.1) is 19.3 Å². The number of aromatic nitrogens is 1. The van der Waals surface area contributed by atoms with Crippen molar-refractivity contribution in [1.29, 1.82) is 0 Å². The van der Waals surface area contributed by atoms with Crippen LogP contribution < -0.4 is 0 Å². The lowest BCUT2D eigenvalue weighted by Crippen LogP contribution is -2.31. The van der Waals surface area contributed by atoms with Crippen LogP contribution >= 0.6 is 0 Å². The van der Waals surface area contributed by atoms with Crippen LogP contribution in [0.3, 0.4) is 0 Å². The molecule has 1 aromatic carbocycles. The normalized spacial score (nSPS) is 12.9. The van der Waals surface area contributed by atoms with Crippen LogP contribution in [-0.4, -0.2) is 34.7 Å². The molecule has 4 nitrogen and oxygen atoms in total. The number of aliphatic hydroxyl groups is 1. The van der Waals surface area contributed by atoms with Gasteiger partial charge in [-0.3, -0.25) is 4.90 Å².